The molecular formula is C30H46F3NO11. The molecule has 45 heavy (non-hydrogen) atoms. The molecule has 0 amide bonds. The van der Waals surface area contributed by atoms with Gasteiger partial charge in [0.1, 0.15) is 19.0 Å². The summed E-state index contributed by atoms with van der Waals surface area (Å²) < 4.78 is 52.3. The zero-order valence-electron chi connectivity index (χ0n) is 25.9. The van der Waals surface area contributed by atoms with Crippen molar-refractivity contribution in [1.82, 2.24) is 0 Å². The van der Waals surface area contributed by atoms with Crippen LogP contribution in [0.15, 0.2) is 48.6 Å². The predicted octanol–water partition coefficient (Wildman–Crippen LogP) is 5.35. The van der Waals surface area contributed by atoms with Gasteiger partial charge in [0.15, 0.2) is 0 Å². The van der Waals surface area contributed by atoms with Gasteiger partial charge in [-0.15, -0.1) is 10.1 Å². The van der Waals surface area contributed by atoms with Crippen LogP contribution in [0.5, 0.6) is 5.75 Å². The Morgan fingerprint density at radius 3 is 2.40 bits per heavy atom. The van der Waals surface area contributed by atoms with Gasteiger partial charge >= 0.3 is 18.1 Å². The molecule has 0 aromatic heterocycles. The monoisotopic (exact) mass is 653 g/mol. The van der Waals surface area contributed by atoms with E-state index < -0.39 is 29.4 Å². The van der Waals surface area contributed by atoms with Gasteiger partial charge in [0, 0.05) is 12.3 Å². The number of carboxylic acid groups (broad SMARTS) is 1. The Bertz CT molecular complexity index is 1000. The maximum absolute atomic E-state index is 12.5. The number of aliphatic hydroxyl groups is 1. The van der Waals surface area contributed by atoms with Crippen LogP contribution >= 0.6 is 0 Å². The highest BCUT2D eigenvalue weighted by Gasteiger charge is 2.30. The lowest BCUT2D eigenvalue weighted by atomic mass is 10.1. The van der Waals surface area contributed by atoms with Gasteiger partial charge < -0.3 is 34.7 Å². The number of allylic oxidation sites excluding steroid dienone is 2. The molecule has 15 heteroatoms. The highest BCUT2D eigenvalue weighted by atomic mass is 19.4. The number of aliphatic carboxylic acids is 1. The Hall–Kier alpha value is -3.69. The van der Waals surface area contributed by atoms with Crippen LogP contribution in [-0.4, -0.2) is 71.3 Å². The third kappa shape index (κ3) is 25.3. The quantitative estimate of drug-likeness (QED) is 0.0775. The number of benzene rings is 1. The predicted molar refractivity (Wildman–Crippen MR) is 159 cm³/mol. The molecule has 1 aromatic carbocycles. The normalized spacial score (nSPS) is 15.8. The summed E-state index contributed by atoms with van der Waals surface area (Å²) in [5.74, 6) is -0.779. The lowest BCUT2D eigenvalue weighted by Crippen LogP contribution is -2.13. The molecule has 0 bridgehead atoms. The van der Waals surface area contributed by atoms with Gasteiger partial charge in [-0.25, -0.2) is 4.79 Å². The molecule has 0 radical (unpaired) electrons. The number of rotatable bonds is 16. The van der Waals surface area contributed by atoms with E-state index in [1.54, 1.807) is 0 Å². The minimum absolute atomic E-state index is 0. The molecule has 258 valence electrons. The fraction of sp³-hybridized carbons (Fsp3) is 0.600. The van der Waals surface area contributed by atoms with Crippen molar-refractivity contribution in [2.24, 2.45) is 5.92 Å². The molecule has 1 fully saturated rings. The number of hydrogen-bond acceptors (Lipinski definition) is 9. The van der Waals surface area contributed by atoms with E-state index in [0.29, 0.717) is 19.4 Å². The van der Waals surface area contributed by atoms with Gasteiger partial charge in [0.05, 0.1) is 31.0 Å². The first kappa shape index (κ1) is 43.4. The van der Waals surface area contributed by atoms with E-state index in [0.717, 1.165) is 44.2 Å². The van der Waals surface area contributed by atoms with E-state index in [4.69, 9.17) is 14.6 Å². The minimum atomic E-state index is -4.35. The molecule has 2 rings (SSSR count). The van der Waals surface area contributed by atoms with Gasteiger partial charge in [0.2, 0.25) is 0 Å². The molecule has 1 aliphatic carbocycles. The van der Waals surface area contributed by atoms with E-state index in [2.05, 4.69) is 15.7 Å². The summed E-state index contributed by atoms with van der Waals surface area (Å²) in [5.41, 5.74) is -0.704. The van der Waals surface area contributed by atoms with Crippen LogP contribution in [-0.2, 0) is 30.1 Å². The second-order valence-corrected chi connectivity index (χ2v) is 9.76. The van der Waals surface area contributed by atoms with Crippen LogP contribution in [0.2, 0.25) is 0 Å². The average Bonchev–Trinajstić information content (AvgIpc) is 3.35. The Kier molecular flexibility index (Phi) is 24.7. The van der Waals surface area contributed by atoms with Crippen molar-refractivity contribution in [1.29, 1.82) is 0 Å². The van der Waals surface area contributed by atoms with E-state index in [-0.39, 0.29) is 48.5 Å². The van der Waals surface area contributed by atoms with Gasteiger partial charge in [0.25, 0.3) is 5.09 Å². The molecule has 1 aromatic rings. The largest absolute Gasteiger partial charge is 0.493 e. The first-order valence-electron chi connectivity index (χ1n) is 14.3. The van der Waals surface area contributed by atoms with Crippen molar-refractivity contribution in [2.45, 2.75) is 84.1 Å². The Labute approximate surface area is 261 Å². The summed E-state index contributed by atoms with van der Waals surface area (Å²) in [4.78, 5) is 34.1. The van der Waals surface area contributed by atoms with Gasteiger partial charge in [-0.05, 0) is 71.1 Å². The molecule has 2 atom stereocenters. The lowest BCUT2D eigenvalue weighted by Gasteiger charge is -2.10. The van der Waals surface area contributed by atoms with Crippen molar-refractivity contribution < 1.29 is 62.6 Å². The van der Waals surface area contributed by atoms with E-state index in [1.807, 2.05) is 39.0 Å². The van der Waals surface area contributed by atoms with Crippen LogP contribution in [0, 0.1) is 16.0 Å². The van der Waals surface area contributed by atoms with Crippen LogP contribution in [0.3, 0.4) is 0 Å². The highest BCUT2D eigenvalue weighted by molar-refractivity contribution is 5.69. The van der Waals surface area contributed by atoms with E-state index in [1.165, 1.54) is 12.1 Å². The molecule has 0 spiro atoms. The summed E-state index contributed by atoms with van der Waals surface area (Å²) in [6.07, 6.45) is 9.22. The molecular weight excluding hydrogens is 607 g/mol. The van der Waals surface area contributed by atoms with Crippen molar-refractivity contribution in [3.05, 3.63) is 64.2 Å². The first-order chi connectivity index (χ1) is 20.8. The molecule has 0 saturated heterocycles. The molecule has 12 nitrogen and oxygen atoms in total. The molecule has 4 N–H and O–H groups in total. The fourth-order valence-electron chi connectivity index (χ4n) is 3.65. The molecule has 0 aliphatic heterocycles. The number of ether oxygens (including phenoxy) is 3. The number of carbonyl (C=O) groups is 2. The number of esters is 1. The Balaban J connectivity index is 0. The summed E-state index contributed by atoms with van der Waals surface area (Å²) in [5, 5.41) is 26.2. The summed E-state index contributed by atoms with van der Waals surface area (Å²) in [6.45, 7) is 5.20. The second kappa shape index (κ2) is 25.6. The van der Waals surface area contributed by atoms with Crippen molar-refractivity contribution in [2.75, 3.05) is 26.4 Å². The van der Waals surface area contributed by atoms with Gasteiger partial charge in [-0.1, -0.05) is 36.8 Å². The number of carbonyl (C=O) groups excluding carboxylic acids is 1. The van der Waals surface area contributed by atoms with Crippen LogP contribution in [0.25, 0.3) is 0 Å². The van der Waals surface area contributed by atoms with E-state index in [9.17, 15) is 38.0 Å². The van der Waals surface area contributed by atoms with Crippen LogP contribution in [0.1, 0.15) is 71.3 Å². The Morgan fingerprint density at radius 1 is 1.13 bits per heavy atom. The lowest BCUT2D eigenvalue weighted by molar-refractivity contribution is -0.758. The highest BCUT2D eigenvalue weighted by Crippen LogP contribution is 2.31. The number of hydrogen-bond donors (Lipinski definition) is 2. The number of carboxylic acids is 1. The van der Waals surface area contributed by atoms with Crippen molar-refractivity contribution >= 4 is 11.9 Å². The summed E-state index contributed by atoms with van der Waals surface area (Å²) in [7, 11) is 0. The number of halogens is 3. The zero-order chi connectivity index (χ0) is 33.4. The molecule has 1 aliphatic rings. The topological polar surface area (TPSA) is 186 Å². The fourth-order valence-corrected chi connectivity index (χ4v) is 3.65. The third-order valence-electron chi connectivity index (χ3n) is 5.63. The second-order valence-electron chi connectivity index (χ2n) is 9.76. The summed E-state index contributed by atoms with van der Waals surface area (Å²) >= 11 is 0. The first-order valence-corrected chi connectivity index (χ1v) is 14.3. The van der Waals surface area contributed by atoms with Crippen LogP contribution < -0.4 is 4.74 Å². The van der Waals surface area contributed by atoms with Gasteiger partial charge in [-0.3, -0.25) is 4.79 Å². The number of unbranched alkanes of at least 4 members (excludes halogenated alkanes) is 1. The molecule has 2 unspecified atom stereocenters. The number of nitrogens with zero attached hydrogens (tertiary/aromatic N) is 1. The van der Waals surface area contributed by atoms with Crippen molar-refractivity contribution in [3.8, 4) is 5.75 Å². The van der Waals surface area contributed by atoms with Gasteiger partial charge in [-0.2, -0.15) is 13.2 Å². The SMILES string of the molecule is C/C=C\CCCC(=O)OC(C)C.O.O=C(O)COCCO[N+](=O)[O-].OC1CCCC1/C=C/CCOc1cccc(C(F)(F)F)c1. The average molecular weight is 654 g/mol. The maximum Gasteiger partial charge on any atom is 0.416 e. The third-order valence-corrected chi connectivity index (χ3v) is 5.63. The Morgan fingerprint density at radius 2 is 1.84 bits per heavy atom. The molecule has 1 saturated carbocycles. The smallest absolute Gasteiger partial charge is 0.416 e. The standard InChI is InChI=1S/C16H19F3O2.C10H18O2.C4H7NO6.H2O/c17-16(18,19)13-7-4-8-14(11-13)21-10-2-1-5-12-6-3-9-15(12)20;1-4-5-6-7-8-10(11)12-9(2)3;6-4(7)3-10-1-2-11-5(8)9;/h1,4-5,7-8,11-12,15,20H,2-3,6,9-10H2;4-5,9H,6-8H2,1-3H3;1-3H2,(H,6,7);1H2/b5-1+;5-4-;;. The van der Waals surface area contributed by atoms with E-state index >= 15 is 0 Å². The van der Waals surface area contributed by atoms with Crippen molar-refractivity contribution in [3.63, 3.8) is 0 Å². The van der Waals surface area contributed by atoms with Crippen LogP contribution in [0.4, 0.5) is 13.2 Å². The zero-order valence-corrected chi connectivity index (χ0v) is 25.9. The maximum atomic E-state index is 12.5. The number of alkyl halides is 3. The molecule has 0 heterocycles. The number of aliphatic hydroxyl groups excluding tert-OH is 1. The minimum Gasteiger partial charge on any atom is -0.493 e. The summed E-state index contributed by atoms with van der Waals surface area (Å²) in [6, 6.07) is 4.88.